The number of phenolic OH excluding ortho intramolecular Hbond substituents is 1. The van der Waals surface area contributed by atoms with Gasteiger partial charge in [0.2, 0.25) is 0 Å². The lowest BCUT2D eigenvalue weighted by atomic mass is 9.97. The highest BCUT2D eigenvalue weighted by atomic mass is 16.7. The third-order valence-corrected chi connectivity index (χ3v) is 7.57. The Hall–Kier alpha value is -3.43. The van der Waals surface area contributed by atoms with E-state index in [1.165, 1.54) is 0 Å². The maximum absolute atomic E-state index is 12.5. The number of phenols is 1. The number of rotatable bonds is 5. The lowest BCUT2D eigenvalue weighted by Crippen LogP contribution is -2.42. The van der Waals surface area contributed by atoms with Crippen molar-refractivity contribution in [3.05, 3.63) is 48.0 Å². The number of para-hydroxylation sites is 1. The van der Waals surface area contributed by atoms with E-state index >= 15 is 0 Å². The third-order valence-electron chi connectivity index (χ3n) is 7.57. The van der Waals surface area contributed by atoms with Crippen LogP contribution in [0.1, 0.15) is 24.8 Å². The molecule has 194 valence electrons. The number of piperidine rings is 1. The second-order valence-electron chi connectivity index (χ2n) is 10.2. The molecule has 0 aliphatic carbocycles. The number of aromatic nitrogens is 2. The van der Waals surface area contributed by atoms with Crippen molar-refractivity contribution < 1.29 is 24.1 Å². The Morgan fingerprint density at radius 3 is 2.97 bits per heavy atom. The zero-order valence-electron chi connectivity index (χ0n) is 20.9. The van der Waals surface area contributed by atoms with Crippen molar-refractivity contribution in [1.29, 1.82) is 0 Å². The molecule has 0 spiro atoms. The highest BCUT2D eigenvalue weighted by Crippen LogP contribution is 2.34. The van der Waals surface area contributed by atoms with Crippen LogP contribution >= 0.6 is 0 Å². The number of aryl methyl sites for hydroxylation is 1. The number of fused-ring (bicyclic) bond motifs is 2. The monoisotopic (exact) mass is 504 g/mol. The quantitative estimate of drug-likeness (QED) is 0.537. The van der Waals surface area contributed by atoms with Gasteiger partial charge in [-0.1, -0.05) is 18.2 Å². The molecule has 37 heavy (non-hydrogen) atoms. The first-order chi connectivity index (χ1) is 18.0. The van der Waals surface area contributed by atoms with E-state index in [1.807, 2.05) is 19.1 Å². The largest absolute Gasteiger partial charge is 0.507 e. The van der Waals surface area contributed by atoms with Crippen LogP contribution in [0.2, 0.25) is 0 Å². The zero-order valence-corrected chi connectivity index (χ0v) is 20.9. The summed E-state index contributed by atoms with van der Waals surface area (Å²) in [5.74, 6) is 1.90. The van der Waals surface area contributed by atoms with Crippen LogP contribution in [0.3, 0.4) is 0 Å². The molecule has 3 fully saturated rings. The molecule has 2 N–H and O–H groups in total. The summed E-state index contributed by atoms with van der Waals surface area (Å²) in [4.78, 5) is 24.5. The first-order valence-electron chi connectivity index (χ1n) is 13.0. The number of alkyl carbamates (subject to hydrolysis) is 1. The minimum atomic E-state index is -0.400. The van der Waals surface area contributed by atoms with Crippen molar-refractivity contribution in [2.24, 2.45) is 11.8 Å². The number of carbonyl (C=O) groups excluding carboxylic acids is 1. The molecule has 1 amide bonds. The van der Waals surface area contributed by atoms with Crippen LogP contribution in [0.4, 0.5) is 10.6 Å². The molecule has 0 radical (unpaired) electrons. The van der Waals surface area contributed by atoms with Crippen molar-refractivity contribution in [2.75, 3.05) is 37.7 Å². The lowest BCUT2D eigenvalue weighted by molar-refractivity contribution is -0.0907. The first kappa shape index (κ1) is 23.9. The van der Waals surface area contributed by atoms with Crippen LogP contribution in [0.5, 0.6) is 5.75 Å². The predicted molar refractivity (Wildman–Crippen MR) is 138 cm³/mol. The van der Waals surface area contributed by atoms with Crippen LogP contribution in [-0.4, -0.2) is 66.4 Å². The van der Waals surface area contributed by atoms with Gasteiger partial charge in [0.25, 0.3) is 0 Å². The van der Waals surface area contributed by atoms with Crippen molar-refractivity contribution in [3.8, 4) is 17.1 Å². The fourth-order valence-electron chi connectivity index (χ4n) is 5.63. The second-order valence-corrected chi connectivity index (χ2v) is 10.2. The van der Waals surface area contributed by atoms with Gasteiger partial charge in [-0.3, -0.25) is 0 Å². The molecular weight excluding hydrogens is 472 g/mol. The van der Waals surface area contributed by atoms with Gasteiger partial charge >= 0.3 is 6.09 Å². The van der Waals surface area contributed by atoms with Crippen LogP contribution in [0.25, 0.3) is 22.3 Å². The second kappa shape index (κ2) is 10.1. The van der Waals surface area contributed by atoms with Crippen molar-refractivity contribution in [3.63, 3.8) is 0 Å². The Balaban J connectivity index is 1.17. The molecule has 2 aromatic carbocycles. The van der Waals surface area contributed by atoms with Crippen LogP contribution in [0, 0.1) is 18.8 Å². The molecule has 0 bridgehead atoms. The van der Waals surface area contributed by atoms with E-state index in [-0.39, 0.29) is 30.0 Å². The molecule has 9 nitrogen and oxygen atoms in total. The van der Waals surface area contributed by atoms with Gasteiger partial charge in [-0.25, -0.2) is 14.8 Å². The summed E-state index contributed by atoms with van der Waals surface area (Å²) in [6.45, 7) is 5.23. The summed E-state index contributed by atoms with van der Waals surface area (Å²) in [5, 5.41) is 14.4. The molecule has 3 aliphatic rings. The Morgan fingerprint density at radius 1 is 1.19 bits per heavy atom. The molecular formula is C28H32N4O5. The van der Waals surface area contributed by atoms with E-state index in [0.29, 0.717) is 31.1 Å². The van der Waals surface area contributed by atoms with E-state index in [4.69, 9.17) is 24.2 Å². The van der Waals surface area contributed by atoms with Gasteiger partial charge < -0.3 is 29.5 Å². The molecule has 4 atom stereocenters. The first-order valence-corrected chi connectivity index (χ1v) is 13.0. The van der Waals surface area contributed by atoms with Gasteiger partial charge in [-0.15, -0.1) is 0 Å². The maximum Gasteiger partial charge on any atom is 0.407 e. The van der Waals surface area contributed by atoms with Gasteiger partial charge in [0, 0.05) is 25.0 Å². The number of ether oxygens (including phenoxy) is 3. The highest BCUT2D eigenvalue weighted by Gasteiger charge is 2.43. The Morgan fingerprint density at radius 2 is 2.08 bits per heavy atom. The molecule has 0 unspecified atom stereocenters. The summed E-state index contributed by atoms with van der Waals surface area (Å²) in [5.41, 5.74) is 2.57. The van der Waals surface area contributed by atoms with Crippen molar-refractivity contribution in [2.45, 2.75) is 38.6 Å². The number of benzene rings is 2. The van der Waals surface area contributed by atoms with Crippen LogP contribution in [0.15, 0.2) is 42.5 Å². The molecule has 9 heteroatoms. The number of nitrogens with one attached hydrogen (secondary N) is 1. The number of anilines is 1. The van der Waals surface area contributed by atoms with Crippen molar-refractivity contribution in [1.82, 2.24) is 15.3 Å². The smallest absolute Gasteiger partial charge is 0.407 e. The fourth-order valence-corrected chi connectivity index (χ4v) is 5.63. The van der Waals surface area contributed by atoms with E-state index in [0.717, 1.165) is 54.6 Å². The Kier molecular flexibility index (Phi) is 6.56. The van der Waals surface area contributed by atoms with E-state index in [9.17, 15) is 9.90 Å². The molecule has 0 saturated carbocycles. The summed E-state index contributed by atoms with van der Waals surface area (Å²) < 4.78 is 16.8. The minimum Gasteiger partial charge on any atom is -0.507 e. The van der Waals surface area contributed by atoms with Crippen molar-refractivity contribution >= 4 is 22.8 Å². The molecule has 3 aromatic rings. The Bertz CT molecular complexity index is 1300. The number of aromatic hydroxyl groups is 1. The lowest BCUT2D eigenvalue weighted by Gasteiger charge is -2.34. The normalized spacial score (nSPS) is 25.3. The predicted octanol–water partition coefficient (Wildman–Crippen LogP) is 4.01. The number of nitrogens with zero attached hydrogens (tertiary/aromatic N) is 3. The van der Waals surface area contributed by atoms with Gasteiger partial charge in [-0.2, -0.15) is 0 Å². The molecule has 3 aliphatic heterocycles. The number of hydrogen-bond donors (Lipinski definition) is 2. The van der Waals surface area contributed by atoms with E-state index in [2.05, 4.69) is 28.4 Å². The summed E-state index contributed by atoms with van der Waals surface area (Å²) >= 11 is 0. The van der Waals surface area contributed by atoms with E-state index in [1.54, 1.807) is 12.1 Å². The summed E-state index contributed by atoms with van der Waals surface area (Å²) in [6, 6.07) is 13.3. The molecule has 1 aromatic heterocycles. The number of hydrogen-bond acceptors (Lipinski definition) is 8. The van der Waals surface area contributed by atoms with Crippen LogP contribution in [-0.2, 0) is 14.2 Å². The fraction of sp³-hybridized carbons (Fsp3) is 0.464. The highest BCUT2D eigenvalue weighted by molar-refractivity contribution is 5.92. The van der Waals surface area contributed by atoms with E-state index < -0.39 is 6.09 Å². The number of amides is 1. The van der Waals surface area contributed by atoms with Crippen LogP contribution < -0.4 is 10.2 Å². The zero-order chi connectivity index (χ0) is 25.4. The standard InChI is InChI=1S/C28H32N4O5/c1-17-8-9-19-22(13-17)30-25(20-6-2-3-7-23(20)33)31-26(19)32-11-4-5-18(15-32)14-29-28(34)37-24-16-36-27-21(24)10-12-35-27/h2-3,6-9,13,18,21,24,27,33H,4-5,10-12,14-16H2,1H3,(H,29,34)/t18-,21+,24-,27-/m0/s1. The average Bonchev–Trinajstić information content (AvgIpc) is 3.52. The third kappa shape index (κ3) is 4.93. The van der Waals surface area contributed by atoms with Gasteiger partial charge in [0.1, 0.15) is 17.7 Å². The minimum absolute atomic E-state index is 0.129. The average molecular weight is 505 g/mol. The van der Waals surface area contributed by atoms with Gasteiger partial charge in [0.15, 0.2) is 12.1 Å². The molecule has 6 rings (SSSR count). The summed E-state index contributed by atoms with van der Waals surface area (Å²) in [7, 11) is 0. The molecule has 3 saturated heterocycles. The molecule has 4 heterocycles. The van der Waals surface area contributed by atoms with Gasteiger partial charge in [-0.05, 0) is 61.9 Å². The van der Waals surface area contributed by atoms with Gasteiger partial charge in [0.05, 0.1) is 30.2 Å². The Labute approximate surface area is 215 Å². The summed E-state index contributed by atoms with van der Waals surface area (Å²) in [6.07, 6.45) is 1.97. The SMILES string of the molecule is Cc1ccc2c(N3CCC[C@@H](CNC(=O)O[C@H]4CO[C@@H]5OCC[C@@H]54)C3)nc(-c3ccccc3O)nc2c1. The topological polar surface area (TPSA) is 106 Å². The maximum atomic E-state index is 12.5. The number of carbonyl (C=O) groups is 1.